The zero-order chi connectivity index (χ0) is 10.3. The highest BCUT2D eigenvalue weighted by molar-refractivity contribution is 5.01. The molecular weight excluding hydrogens is 160 g/mol. The minimum absolute atomic E-state index is 0.162. The Bertz CT molecular complexity index is 182. The van der Waals surface area contributed by atoms with Gasteiger partial charge in [0.25, 0.3) is 0 Å². The first-order valence-electron chi connectivity index (χ1n) is 4.90. The lowest BCUT2D eigenvalue weighted by Crippen LogP contribution is -1.98. The Morgan fingerprint density at radius 3 is 2.38 bits per heavy atom. The molecule has 0 aliphatic rings. The average molecular weight is 182 g/mol. The van der Waals surface area contributed by atoms with Crippen LogP contribution in [-0.4, -0.2) is 11.7 Å². The van der Waals surface area contributed by atoms with Crippen molar-refractivity contribution in [3.63, 3.8) is 0 Å². The van der Waals surface area contributed by atoms with Crippen LogP contribution in [0.15, 0.2) is 23.8 Å². The summed E-state index contributed by atoms with van der Waals surface area (Å²) in [5.41, 5.74) is 1.55. The van der Waals surface area contributed by atoms with Crippen molar-refractivity contribution in [2.75, 3.05) is 6.61 Å². The van der Waals surface area contributed by atoms with Crippen molar-refractivity contribution >= 4 is 0 Å². The van der Waals surface area contributed by atoms with Gasteiger partial charge >= 0.3 is 0 Å². The molecule has 0 spiro atoms. The zero-order valence-corrected chi connectivity index (χ0v) is 9.30. The Balaban J connectivity index is 3.68. The van der Waals surface area contributed by atoms with Crippen molar-refractivity contribution in [3.8, 4) is 0 Å². The number of aliphatic hydroxyl groups is 1. The van der Waals surface area contributed by atoms with Gasteiger partial charge in [-0.2, -0.15) is 0 Å². The summed E-state index contributed by atoms with van der Waals surface area (Å²) in [4.78, 5) is 0. The van der Waals surface area contributed by atoms with Gasteiger partial charge < -0.3 is 5.11 Å². The summed E-state index contributed by atoms with van der Waals surface area (Å²) in [6.07, 6.45) is 8.44. The van der Waals surface area contributed by atoms with Crippen LogP contribution in [-0.2, 0) is 0 Å². The number of aliphatic hydroxyl groups excluding tert-OH is 1. The van der Waals surface area contributed by atoms with Crippen molar-refractivity contribution in [1.29, 1.82) is 0 Å². The highest BCUT2D eigenvalue weighted by Crippen LogP contribution is 2.15. The SMILES string of the molecule is C/C(=C/CO)CC/C=C\C(C)(C)C. The van der Waals surface area contributed by atoms with E-state index < -0.39 is 0 Å². The lowest BCUT2D eigenvalue weighted by molar-refractivity contribution is 0.341. The molecule has 0 aromatic heterocycles. The van der Waals surface area contributed by atoms with E-state index in [9.17, 15) is 0 Å². The fraction of sp³-hybridized carbons (Fsp3) is 0.667. The third-order valence-electron chi connectivity index (χ3n) is 1.76. The molecule has 0 amide bonds. The van der Waals surface area contributed by atoms with Crippen molar-refractivity contribution < 1.29 is 5.11 Å². The molecule has 13 heavy (non-hydrogen) atoms. The lowest BCUT2D eigenvalue weighted by Gasteiger charge is -2.10. The maximum Gasteiger partial charge on any atom is 0.0614 e. The molecule has 76 valence electrons. The maximum atomic E-state index is 8.63. The third kappa shape index (κ3) is 9.35. The Labute approximate surface area is 82.2 Å². The number of hydrogen-bond acceptors (Lipinski definition) is 1. The Kier molecular flexibility index (Phi) is 5.72. The van der Waals surface area contributed by atoms with E-state index in [0.717, 1.165) is 12.8 Å². The smallest absolute Gasteiger partial charge is 0.0614 e. The van der Waals surface area contributed by atoms with Gasteiger partial charge in [-0.05, 0) is 25.2 Å². The topological polar surface area (TPSA) is 20.2 Å². The van der Waals surface area contributed by atoms with Gasteiger partial charge in [0.15, 0.2) is 0 Å². The summed E-state index contributed by atoms with van der Waals surface area (Å²) in [6, 6.07) is 0. The molecule has 0 saturated heterocycles. The van der Waals surface area contributed by atoms with E-state index in [1.165, 1.54) is 5.57 Å². The summed E-state index contributed by atoms with van der Waals surface area (Å²) in [5.74, 6) is 0. The van der Waals surface area contributed by atoms with E-state index in [2.05, 4.69) is 39.8 Å². The minimum atomic E-state index is 0.162. The van der Waals surface area contributed by atoms with Gasteiger partial charge in [0.2, 0.25) is 0 Å². The first kappa shape index (κ1) is 12.4. The number of hydrogen-bond donors (Lipinski definition) is 1. The molecule has 1 heteroatoms. The summed E-state index contributed by atoms with van der Waals surface area (Å²) in [5, 5.41) is 8.63. The summed E-state index contributed by atoms with van der Waals surface area (Å²) in [6.45, 7) is 8.80. The predicted molar refractivity (Wildman–Crippen MR) is 58.7 cm³/mol. The molecule has 1 N–H and O–H groups in total. The third-order valence-corrected chi connectivity index (χ3v) is 1.76. The minimum Gasteiger partial charge on any atom is -0.392 e. The molecule has 0 aliphatic heterocycles. The highest BCUT2D eigenvalue weighted by Gasteiger charge is 2.02. The van der Waals surface area contributed by atoms with E-state index in [4.69, 9.17) is 5.11 Å². The molecule has 0 aromatic rings. The first-order chi connectivity index (χ1) is 5.95. The van der Waals surface area contributed by atoms with Gasteiger partial charge in [0.05, 0.1) is 6.61 Å². The fourth-order valence-corrected chi connectivity index (χ4v) is 1.01. The van der Waals surface area contributed by atoms with E-state index in [0.29, 0.717) is 0 Å². The molecule has 0 atom stereocenters. The number of rotatable bonds is 4. The molecule has 1 nitrogen and oxygen atoms in total. The molecule has 0 heterocycles. The van der Waals surface area contributed by atoms with Gasteiger partial charge in [-0.3, -0.25) is 0 Å². The van der Waals surface area contributed by atoms with E-state index in [1.54, 1.807) is 0 Å². The Morgan fingerprint density at radius 1 is 1.31 bits per heavy atom. The number of allylic oxidation sites excluding steroid dienone is 3. The van der Waals surface area contributed by atoms with Crippen LogP contribution in [0, 0.1) is 5.41 Å². The molecule has 0 rings (SSSR count). The van der Waals surface area contributed by atoms with Crippen LogP contribution < -0.4 is 0 Å². The second-order valence-electron chi connectivity index (χ2n) is 4.54. The molecule has 0 fully saturated rings. The largest absolute Gasteiger partial charge is 0.392 e. The maximum absolute atomic E-state index is 8.63. The van der Waals surface area contributed by atoms with Gasteiger partial charge in [-0.15, -0.1) is 0 Å². The summed E-state index contributed by atoms with van der Waals surface area (Å²) >= 11 is 0. The van der Waals surface area contributed by atoms with Crippen LogP contribution in [0.4, 0.5) is 0 Å². The highest BCUT2D eigenvalue weighted by atomic mass is 16.2. The van der Waals surface area contributed by atoms with Crippen molar-refractivity contribution in [2.24, 2.45) is 5.41 Å². The predicted octanol–water partition coefficient (Wildman–Crippen LogP) is 3.31. The van der Waals surface area contributed by atoms with Crippen LogP contribution in [0.5, 0.6) is 0 Å². The zero-order valence-electron chi connectivity index (χ0n) is 9.30. The van der Waals surface area contributed by atoms with E-state index in [-0.39, 0.29) is 12.0 Å². The van der Waals surface area contributed by atoms with Crippen LogP contribution in [0.2, 0.25) is 0 Å². The van der Waals surface area contributed by atoms with Crippen LogP contribution >= 0.6 is 0 Å². The molecule has 0 bridgehead atoms. The second kappa shape index (κ2) is 5.98. The van der Waals surface area contributed by atoms with Gasteiger partial charge in [-0.1, -0.05) is 44.6 Å². The van der Waals surface area contributed by atoms with Gasteiger partial charge in [0.1, 0.15) is 0 Å². The first-order valence-corrected chi connectivity index (χ1v) is 4.90. The molecule has 0 aromatic carbocycles. The van der Waals surface area contributed by atoms with Gasteiger partial charge in [0, 0.05) is 0 Å². The lowest BCUT2D eigenvalue weighted by atomic mass is 9.95. The van der Waals surface area contributed by atoms with Crippen molar-refractivity contribution in [3.05, 3.63) is 23.8 Å². The second-order valence-corrected chi connectivity index (χ2v) is 4.54. The van der Waals surface area contributed by atoms with E-state index >= 15 is 0 Å². The molecule has 0 unspecified atom stereocenters. The fourth-order valence-electron chi connectivity index (χ4n) is 1.01. The standard InChI is InChI=1S/C12H22O/c1-11(8-10-13)7-5-6-9-12(2,3)4/h6,8-9,13H,5,7,10H2,1-4H3/b9-6-,11-8-. The quantitative estimate of drug-likeness (QED) is 0.661. The Morgan fingerprint density at radius 2 is 1.92 bits per heavy atom. The monoisotopic (exact) mass is 182 g/mol. The molecular formula is C12H22O. The van der Waals surface area contributed by atoms with Crippen LogP contribution in [0.25, 0.3) is 0 Å². The molecule has 0 aliphatic carbocycles. The average Bonchev–Trinajstić information content (AvgIpc) is 1.97. The summed E-state index contributed by atoms with van der Waals surface area (Å²) < 4.78 is 0. The normalized spacial score (nSPS) is 14.1. The van der Waals surface area contributed by atoms with Crippen LogP contribution in [0.3, 0.4) is 0 Å². The Hall–Kier alpha value is -0.560. The van der Waals surface area contributed by atoms with Crippen molar-refractivity contribution in [1.82, 2.24) is 0 Å². The van der Waals surface area contributed by atoms with Crippen LogP contribution in [0.1, 0.15) is 40.5 Å². The van der Waals surface area contributed by atoms with Crippen molar-refractivity contribution in [2.45, 2.75) is 40.5 Å². The van der Waals surface area contributed by atoms with Gasteiger partial charge in [-0.25, -0.2) is 0 Å². The molecule has 0 radical (unpaired) electrons. The molecule has 0 saturated carbocycles. The summed E-state index contributed by atoms with van der Waals surface area (Å²) in [7, 11) is 0. The van der Waals surface area contributed by atoms with E-state index in [1.807, 2.05) is 6.08 Å².